The fourth-order valence-corrected chi connectivity index (χ4v) is 3.40. The van der Waals surface area contributed by atoms with Gasteiger partial charge in [-0.1, -0.05) is 15.9 Å². The molecule has 1 heterocycles. The van der Waals surface area contributed by atoms with E-state index in [1.807, 2.05) is 12.1 Å². The van der Waals surface area contributed by atoms with Crippen molar-refractivity contribution in [2.24, 2.45) is 0 Å². The molecular formula is C15H13Br2N3. The zero-order valence-electron chi connectivity index (χ0n) is 11.1. The van der Waals surface area contributed by atoms with E-state index in [1.54, 1.807) is 0 Å². The number of nitrogens with one attached hydrogen (secondary N) is 1. The highest BCUT2D eigenvalue weighted by molar-refractivity contribution is 9.11. The van der Waals surface area contributed by atoms with Crippen molar-refractivity contribution in [2.75, 3.05) is 5.73 Å². The molecule has 0 aliphatic heterocycles. The minimum absolute atomic E-state index is 0.681. The van der Waals surface area contributed by atoms with Crippen molar-refractivity contribution in [3.05, 3.63) is 44.3 Å². The van der Waals surface area contributed by atoms with E-state index in [2.05, 4.69) is 67.8 Å². The molecule has 2 aromatic carbocycles. The normalized spacial score (nSPS) is 11.2. The van der Waals surface area contributed by atoms with Gasteiger partial charge in [-0.25, -0.2) is 4.98 Å². The number of halogens is 2. The average Bonchev–Trinajstić information content (AvgIpc) is 2.77. The Kier molecular flexibility index (Phi) is 3.34. The monoisotopic (exact) mass is 393 g/mol. The molecule has 5 heteroatoms. The van der Waals surface area contributed by atoms with Crippen LogP contribution in [0.3, 0.4) is 0 Å². The van der Waals surface area contributed by atoms with Crippen LogP contribution < -0.4 is 5.73 Å². The third-order valence-corrected chi connectivity index (χ3v) is 4.56. The molecule has 3 nitrogen and oxygen atoms in total. The lowest BCUT2D eigenvalue weighted by Gasteiger charge is -2.05. The molecule has 0 aliphatic rings. The van der Waals surface area contributed by atoms with E-state index in [1.165, 1.54) is 11.1 Å². The quantitative estimate of drug-likeness (QED) is 0.573. The van der Waals surface area contributed by atoms with Crippen LogP contribution in [-0.4, -0.2) is 9.97 Å². The second-order valence-corrected chi connectivity index (χ2v) is 6.66. The Balaban J connectivity index is 2.25. The van der Waals surface area contributed by atoms with E-state index in [0.29, 0.717) is 5.69 Å². The molecular weight excluding hydrogens is 382 g/mol. The zero-order valence-corrected chi connectivity index (χ0v) is 14.3. The summed E-state index contributed by atoms with van der Waals surface area (Å²) in [6.45, 7) is 4.19. The molecule has 0 fully saturated rings. The van der Waals surface area contributed by atoms with Crippen molar-refractivity contribution >= 4 is 48.6 Å². The summed E-state index contributed by atoms with van der Waals surface area (Å²) < 4.78 is 1.82. The third-order valence-electron chi connectivity index (χ3n) is 3.45. The van der Waals surface area contributed by atoms with Gasteiger partial charge in [0.25, 0.3) is 0 Å². The SMILES string of the molecule is Cc1cc2nc(-c3cc(Br)cc(Br)c3N)[nH]c2cc1C. The number of hydrogen-bond acceptors (Lipinski definition) is 2. The zero-order chi connectivity index (χ0) is 14.4. The smallest absolute Gasteiger partial charge is 0.140 e. The van der Waals surface area contributed by atoms with E-state index in [-0.39, 0.29) is 0 Å². The van der Waals surface area contributed by atoms with E-state index in [0.717, 1.165) is 31.4 Å². The predicted molar refractivity (Wildman–Crippen MR) is 90.8 cm³/mol. The number of benzene rings is 2. The number of nitrogens with zero attached hydrogens (tertiary/aromatic N) is 1. The van der Waals surface area contributed by atoms with Crippen molar-refractivity contribution < 1.29 is 0 Å². The number of fused-ring (bicyclic) bond motifs is 1. The number of aromatic nitrogens is 2. The summed E-state index contributed by atoms with van der Waals surface area (Å²) in [6.07, 6.45) is 0. The molecule has 0 unspecified atom stereocenters. The van der Waals surface area contributed by atoms with Crippen LogP contribution in [0.15, 0.2) is 33.2 Å². The van der Waals surface area contributed by atoms with Gasteiger partial charge in [-0.05, 0) is 65.2 Å². The van der Waals surface area contributed by atoms with Crippen molar-refractivity contribution in [3.8, 4) is 11.4 Å². The Morgan fingerprint density at radius 2 is 1.75 bits per heavy atom. The van der Waals surface area contributed by atoms with Gasteiger partial charge in [0.2, 0.25) is 0 Å². The van der Waals surface area contributed by atoms with Gasteiger partial charge in [0, 0.05) is 14.5 Å². The standard InChI is InChI=1S/C15H13Br2N3/c1-7-3-12-13(4-8(7)2)20-15(19-12)10-5-9(16)6-11(17)14(10)18/h3-6H,18H2,1-2H3,(H,19,20). The minimum atomic E-state index is 0.681. The summed E-state index contributed by atoms with van der Waals surface area (Å²) in [6, 6.07) is 8.10. The van der Waals surface area contributed by atoms with Crippen LogP contribution in [0.1, 0.15) is 11.1 Å². The van der Waals surface area contributed by atoms with Crippen molar-refractivity contribution in [2.45, 2.75) is 13.8 Å². The molecule has 0 spiro atoms. The molecule has 0 amide bonds. The summed E-state index contributed by atoms with van der Waals surface area (Å²) in [5, 5.41) is 0. The van der Waals surface area contributed by atoms with Crippen molar-refractivity contribution in [1.29, 1.82) is 0 Å². The number of hydrogen-bond donors (Lipinski definition) is 2. The molecule has 0 saturated carbocycles. The summed E-state index contributed by atoms with van der Waals surface area (Å²) >= 11 is 6.95. The number of nitrogens with two attached hydrogens (primary N) is 1. The number of imidazole rings is 1. The lowest BCUT2D eigenvalue weighted by molar-refractivity contribution is 1.33. The van der Waals surface area contributed by atoms with Crippen LogP contribution in [0.4, 0.5) is 5.69 Å². The molecule has 0 saturated heterocycles. The molecule has 3 rings (SSSR count). The first kappa shape index (κ1) is 13.6. The maximum Gasteiger partial charge on any atom is 0.140 e. The number of aryl methyl sites for hydroxylation is 2. The van der Waals surface area contributed by atoms with Gasteiger partial charge in [-0.3, -0.25) is 0 Å². The first-order chi connectivity index (χ1) is 9.45. The summed E-state index contributed by atoms with van der Waals surface area (Å²) in [5.74, 6) is 0.782. The fourth-order valence-electron chi connectivity index (χ4n) is 2.18. The largest absolute Gasteiger partial charge is 0.397 e. The highest BCUT2D eigenvalue weighted by Crippen LogP contribution is 2.34. The predicted octanol–water partition coefficient (Wildman–Crippen LogP) is 4.95. The lowest BCUT2D eigenvalue weighted by Crippen LogP contribution is -1.93. The van der Waals surface area contributed by atoms with E-state index in [4.69, 9.17) is 5.73 Å². The van der Waals surface area contributed by atoms with Crippen molar-refractivity contribution in [3.63, 3.8) is 0 Å². The first-order valence-electron chi connectivity index (χ1n) is 6.17. The summed E-state index contributed by atoms with van der Waals surface area (Å²) in [7, 11) is 0. The molecule has 0 aliphatic carbocycles. The highest BCUT2D eigenvalue weighted by atomic mass is 79.9. The second-order valence-electron chi connectivity index (χ2n) is 4.89. The van der Waals surface area contributed by atoms with Crippen LogP contribution in [-0.2, 0) is 0 Å². The number of rotatable bonds is 1. The van der Waals surface area contributed by atoms with Gasteiger partial charge in [-0.15, -0.1) is 0 Å². The van der Waals surface area contributed by atoms with Crippen LogP contribution in [0.5, 0.6) is 0 Å². The number of nitrogen functional groups attached to an aromatic ring is 1. The van der Waals surface area contributed by atoms with Gasteiger partial charge in [0.1, 0.15) is 5.82 Å². The number of aromatic amines is 1. The average molecular weight is 395 g/mol. The molecule has 0 bridgehead atoms. The van der Waals surface area contributed by atoms with Crippen molar-refractivity contribution in [1.82, 2.24) is 9.97 Å². The van der Waals surface area contributed by atoms with E-state index < -0.39 is 0 Å². The van der Waals surface area contributed by atoms with Crippen LogP contribution in [0, 0.1) is 13.8 Å². The third kappa shape index (κ3) is 2.25. The highest BCUT2D eigenvalue weighted by Gasteiger charge is 2.12. The molecule has 1 aromatic heterocycles. The molecule has 3 aromatic rings. The number of anilines is 1. The lowest BCUT2D eigenvalue weighted by atomic mass is 10.1. The second kappa shape index (κ2) is 4.90. The Labute approximate surface area is 133 Å². The molecule has 0 radical (unpaired) electrons. The Bertz CT molecular complexity index is 783. The van der Waals surface area contributed by atoms with Gasteiger partial charge < -0.3 is 10.7 Å². The maximum atomic E-state index is 6.14. The molecule has 3 N–H and O–H groups in total. The van der Waals surface area contributed by atoms with E-state index in [9.17, 15) is 0 Å². The fraction of sp³-hybridized carbons (Fsp3) is 0.133. The van der Waals surface area contributed by atoms with Gasteiger partial charge in [-0.2, -0.15) is 0 Å². The Morgan fingerprint density at radius 3 is 2.50 bits per heavy atom. The summed E-state index contributed by atoms with van der Waals surface area (Å²) in [4.78, 5) is 7.99. The topological polar surface area (TPSA) is 54.7 Å². The van der Waals surface area contributed by atoms with E-state index >= 15 is 0 Å². The first-order valence-corrected chi connectivity index (χ1v) is 7.76. The van der Waals surface area contributed by atoms with Gasteiger partial charge in [0.15, 0.2) is 0 Å². The Hall–Kier alpha value is -1.33. The van der Waals surface area contributed by atoms with Crippen LogP contribution in [0.2, 0.25) is 0 Å². The molecule has 0 atom stereocenters. The maximum absolute atomic E-state index is 6.14. The van der Waals surface area contributed by atoms with Gasteiger partial charge in [0.05, 0.1) is 16.7 Å². The van der Waals surface area contributed by atoms with Crippen LogP contribution >= 0.6 is 31.9 Å². The minimum Gasteiger partial charge on any atom is -0.397 e. The summed E-state index contributed by atoms with van der Waals surface area (Å²) in [5.41, 5.74) is 12.2. The van der Waals surface area contributed by atoms with Gasteiger partial charge >= 0.3 is 0 Å². The number of H-pyrrole nitrogens is 1. The Morgan fingerprint density at radius 1 is 1.05 bits per heavy atom. The molecule has 20 heavy (non-hydrogen) atoms. The van der Waals surface area contributed by atoms with Crippen LogP contribution in [0.25, 0.3) is 22.4 Å². The molecule has 102 valence electrons.